The average molecular weight is 367 g/mol. The number of carbonyl (C=O) groups is 1. The molecule has 24 heavy (non-hydrogen) atoms. The van der Waals surface area contributed by atoms with Gasteiger partial charge in [0.15, 0.2) is 0 Å². The molecule has 1 aromatic carbocycles. The van der Waals surface area contributed by atoms with Crippen LogP contribution in [0, 0.1) is 0 Å². The fourth-order valence-electron chi connectivity index (χ4n) is 2.45. The Labute approximate surface area is 145 Å². The summed E-state index contributed by atoms with van der Waals surface area (Å²) in [6, 6.07) is 5.38. The van der Waals surface area contributed by atoms with Crippen molar-refractivity contribution in [2.75, 3.05) is 33.4 Å². The first-order valence-corrected chi connectivity index (χ1v) is 7.51. The lowest BCUT2D eigenvalue weighted by Gasteiger charge is -2.18. The summed E-state index contributed by atoms with van der Waals surface area (Å²) in [5, 5.41) is 5.72. The Morgan fingerprint density at radius 1 is 1.33 bits per heavy atom. The van der Waals surface area contributed by atoms with E-state index >= 15 is 0 Å². The normalized spacial score (nSPS) is 15.5. The van der Waals surface area contributed by atoms with Gasteiger partial charge in [-0.2, -0.15) is 13.2 Å². The molecule has 1 amide bonds. The van der Waals surface area contributed by atoms with Gasteiger partial charge in [0, 0.05) is 25.6 Å². The summed E-state index contributed by atoms with van der Waals surface area (Å²) in [7, 11) is 1.58. The first kappa shape index (κ1) is 20.7. The number of hydrogen-bond acceptors (Lipinski definition) is 3. The zero-order chi connectivity index (χ0) is 16.9. The van der Waals surface area contributed by atoms with Crippen LogP contribution < -0.4 is 10.6 Å². The third kappa shape index (κ3) is 5.65. The van der Waals surface area contributed by atoms with Crippen LogP contribution in [-0.4, -0.2) is 39.3 Å². The molecule has 0 aliphatic heterocycles. The predicted octanol–water partition coefficient (Wildman–Crippen LogP) is 2.51. The van der Waals surface area contributed by atoms with Crippen molar-refractivity contribution in [3.8, 4) is 0 Å². The van der Waals surface area contributed by atoms with E-state index in [1.54, 1.807) is 13.2 Å². The quantitative estimate of drug-likeness (QED) is 0.695. The van der Waals surface area contributed by atoms with Gasteiger partial charge in [-0.1, -0.05) is 18.2 Å². The maximum absolute atomic E-state index is 12.8. The molecular weight excluding hydrogens is 345 g/mol. The molecule has 0 spiro atoms. The van der Waals surface area contributed by atoms with E-state index in [-0.39, 0.29) is 30.3 Å². The molecule has 2 N–H and O–H groups in total. The summed E-state index contributed by atoms with van der Waals surface area (Å²) in [5.74, 6) is -0.167. The van der Waals surface area contributed by atoms with E-state index in [1.165, 1.54) is 12.1 Å². The third-order valence-corrected chi connectivity index (χ3v) is 4.05. The fourth-order valence-corrected chi connectivity index (χ4v) is 2.45. The van der Waals surface area contributed by atoms with E-state index < -0.39 is 11.7 Å². The standard InChI is InChI=1S/C16H21F3N2O2.ClH/c1-23-8-7-20-10-14(22)21-11-15(5-6-15)12-3-2-4-13(9-12)16(17,18)19;/h2-4,9,20H,5-8,10-11H2,1H3,(H,21,22);1H. The highest BCUT2D eigenvalue weighted by molar-refractivity contribution is 5.85. The van der Waals surface area contributed by atoms with Crippen LogP contribution in [0.3, 0.4) is 0 Å². The van der Waals surface area contributed by atoms with Gasteiger partial charge in [0.1, 0.15) is 0 Å². The average Bonchev–Trinajstić information content (AvgIpc) is 3.30. The first-order valence-electron chi connectivity index (χ1n) is 7.51. The second kappa shape index (κ2) is 8.69. The zero-order valence-electron chi connectivity index (χ0n) is 13.4. The minimum Gasteiger partial charge on any atom is -0.383 e. The highest BCUT2D eigenvalue weighted by Gasteiger charge is 2.45. The van der Waals surface area contributed by atoms with Crippen molar-refractivity contribution in [3.05, 3.63) is 35.4 Å². The van der Waals surface area contributed by atoms with Gasteiger partial charge in [-0.15, -0.1) is 12.4 Å². The Balaban J connectivity index is 0.00000288. The molecule has 1 aromatic rings. The third-order valence-electron chi connectivity index (χ3n) is 4.05. The number of alkyl halides is 3. The van der Waals surface area contributed by atoms with Gasteiger partial charge in [-0.25, -0.2) is 0 Å². The fraction of sp³-hybridized carbons (Fsp3) is 0.562. The monoisotopic (exact) mass is 366 g/mol. The number of rotatable bonds is 8. The molecule has 0 aromatic heterocycles. The molecule has 1 saturated carbocycles. The van der Waals surface area contributed by atoms with E-state index in [4.69, 9.17) is 4.74 Å². The number of amides is 1. The molecule has 0 radical (unpaired) electrons. The molecule has 0 bridgehead atoms. The number of nitrogens with one attached hydrogen (secondary N) is 2. The van der Waals surface area contributed by atoms with Crippen LogP contribution in [0.2, 0.25) is 0 Å². The molecule has 8 heteroatoms. The predicted molar refractivity (Wildman–Crippen MR) is 87.4 cm³/mol. The number of ether oxygens (including phenoxy) is 1. The number of hydrogen-bond donors (Lipinski definition) is 2. The Bertz CT molecular complexity index is 548. The Hall–Kier alpha value is -1.31. The summed E-state index contributed by atoms with van der Waals surface area (Å²) in [4.78, 5) is 11.7. The molecule has 0 heterocycles. The molecule has 2 rings (SSSR count). The molecule has 0 saturated heterocycles. The largest absolute Gasteiger partial charge is 0.416 e. The molecule has 0 unspecified atom stereocenters. The molecular formula is C16H22ClF3N2O2. The van der Waals surface area contributed by atoms with Gasteiger partial charge < -0.3 is 15.4 Å². The Morgan fingerprint density at radius 2 is 2.04 bits per heavy atom. The van der Waals surface area contributed by atoms with Crippen molar-refractivity contribution < 1.29 is 22.7 Å². The lowest BCUT2D eigenvalue weighted by molar-refractivity contribution is -0.137. The van der Waals surface area contributed by atoms with Gasteiger partial charge in [0.2, 0.25) is 5.91 Å². The second-order valence-electron chi connectivity index (χ2n) is 5.81. The number of benzene rings is 1. The maximum atomic E-state index is 12.8. The maximum Gasteiger partial charge on any atom is 0.416 e. The Kier molecular flexibility index (Phi) is 7.51. The van der Waals surface area contributed by atoms with Crippen molar-refractivity contribution in [1.29, 1.82) is 0 Å². The summed E-state index contributed by atoms with van der Waals surface area (Å²) in [6.45, 7) is 1.62. The topological polar surface area (TPSA) is 50.4 Å². The van der Waals surface area contributed by atoms with Crippen LogP contribution in [0.4, 0.5) is 13.2 Å². The number of halogens is 4. The molecule has 1 fully saturated rings. The van der Waals surface area contributed by atoms with Crippen molar-refractivity contribution in [3.63, 3.8) is 0 Å². The summed E-state index contributed by atoms with van der Waals surface area (Å²) in [5.41, 5.74) is -0.363. The zero-order valence-corrected chi connectivity index (χ0v) is 14.2. The minimum absolute atomic E-state index is 0. The van der Waals surface area contributed by atoms with Gasteiger partial charge in [-0.05, 0) is 24.5 Å². The van der Waals surface area contributed by atoms with Gasteiger partial charge in [0.25, 0.3) is 0 Å². The highest BCUT2D eigenvalue weighted by atomic mass is 35.5. The van der Waals surface area contributed by atoms with Gasteiger partial charge in [-0.3, -0.25) is 4.79 Å². The highest BCUT2D eigenvalue weighted by Crippen LogP contribution is 2.48. The van der Waals surface area contributed by atoms with E-state index in [2.05, 4.69) is 10.6 Å². The van der Waals surface area contributed by atoms with Crippen LogP contribution in [-0.2, 0) is 21.1 Å². The van der Waals surface area contributed by atoms with E-state index in [0.29, 0.717) is 25.3 Å². The molecule has 4 nitrogen and oxygen atoms in total. The molecule has 0 atom stereocenters. The van der Waals surface area contributed by atoms with Crippen molar-refractivity contribution in [2.45, 2.75) is 24.4 Å². The van der Waals surface area contributed by atoms with Crippen molar-refractivity contribution in [1.82, 2.24) is 10.6 Å². The summed E-state index contributed by atoms with van der Waals surface area (Å²) in [6.07, 6.45) is -2.78. The Morgan fingerprint density at radius 3 is 2.62 bits per heavy atom. The SMILES string of the molecule is COCCNCC(=O)NCC1(c2cccc(C(F)(F)F)c2)CC1.Cl. The van der Waals surface area contributed by atoms with E-state index in [9.17, 15) is 18.0 Å². The molecule has 136 valence electrons. The first-order chi connectivity index (χ1) is 10.9. The summed E-state index contributed by atoms with van der Waals surface area (Å²) < 4.78 is 43.3. The number of carbonyl (C=O) groups excluding carboxylic acids is 1. The van der Waals surface area contributed by atoms with Crippen LogP contribution in [0.25, 0.3) is 0 Å². The summed E-state index contributed by atoms with van der Waals surface area (Å²) >= 11 is 0. The van der Waals surface area contributed by atoms with Gasteiger partial charge >= 0.3 is 6.18 Å². The van der Waals surface area contributed by atoms with Crippen LogP contribution >= 0.6 is 12.4 Å². The van der Waals surface area contributed by atoms with Crippen LogP contribution in [0.15, 0.2) is 24.3 Å². The van der Waals surface area contributed by atoms with Crippen molar-refractivity contribution >= 4 is 18.3 Å². The van der Waals surface area contributed by atoms with Crippen molar-refractivity contribution in [2.24, 2.45) is 0 Å². The van der Waals surface area contributed by atoms with Gasteiger partial charge in [0.05, 0.1) is 18.7 Å². The van der Waals surface area contributed by atoms with Crippen LogP contribution in [0.5, 0.6) is 0 Å². The number of methoxy groups -OCH3 is 1. The van der Waals surface area contributed by atoms with E-state index in [0.717, 1.165) is 18.9 Å². The van der Waals surface area contributed by atoms with Crippen LogP contribution in [0.1, 0.15) is 24.0 Å². The second-order valence-corrected chi connectivity index (χ2v) is 5.81. The smallest absolute Gasteiger partial charge is 0.383 e. The minimum atomic E-state index is -4.35. The van der Waals surface area contributed by atoms with E-state index in [1.807, 2.05) is 0 Å². The lowest BCUT2D eigenvalue weighted by atomic mass is 9.94. The lowest BCUT2D eigenvalue weighted by Crippen LogP contribution is -2.39. The molecule has 1 aliphatic rings. The molecule has 1 aliphatic carbocycles.